The van der Waals surface area contributed by atoms with Gasteiger partial charge in [-0.2, -0.15) is 0 Å². The van der Waals surface area contributed by atoms with E-state index >= 15 is 0 Å². The maximum Gasteiger partial charge on any atom is 0.156 e. The van der Waals surface area contributed by atoms with Crippen LogP contribution in [0.15, 0.2) is 30.3 Å². The maximum absolute atomic E-state index is 6.03. The molecule has 0 bridgehead atoms. The summed E-state index contributed by atoms with van der Waals surface area (Å²) < 4.78 is 5.05. The normalized spacial score (nSPS) is 11.7. The number of methoxy groups -OCH3 is 1. The number of hydrogen-bond acceptors (Lipinski definition) is 3. The van der Waals surface area contributed by atoms with Crippen LogP contribution in [0, 0.1) is 0 Å². The molecular formula is C16H19ClN2O. The van der Waals surface area contributed by atoms with Gasteiger partial charge in [0, 0.05) is 18.7 Å². The van der Waals surface area contributed by atoms with Gasteiger partial charge in [0.1, 0.15) is 11.8 Å². The third-order valence-electron chi connectivity index (χ3n) is 3.06. The van der Waals surface area contributed by atoms with Crippen LogP contribution in [0.5, 0.6) is 0 Å². The second-order valence-electron chi connectivity index (χ2n) is 5.75. The summed E-state index contributed by atoms with van der Waals surface area (Å²) in [6.07, 6.45) is 0. The molecule has 0 aliphatic carbocycles. The minimum absolute atomic E-state index is 0.142. The van der Waals surface area contributed by atoms with Crippen LogP contribution in [0.1, 0.15) is 32.2 Å². The van der Waals surface area contributed by atoms with Crippen LogP contribution in [0.3, 0.4) is 0 Å². The molecule has 0 fully saturated rings. The molecule has 0 spiro atoms. The Morgan fingerprint density at radius 2 is 1.75 bits per heavy atom. The second kappa shape index (κ2) is 5.90. The fourth-order valence-electron chi connectivity index (χ4n) is 1.95. The lowest BCUT2D eigenvalue weighted by atomic mass is 9.86. The highest BCUT2D eigenvalue weighted by Gasteiger charge is 2.13. The Morgan fingerprint density at radius 1 is 1.10 bits per heavy atom. The number of aromatic nitrogens is 2. The van der Waals surface area contributed by atoms with Crippen LogP contribution >= 0.6 is 11.6 Å². The first-order chi connectivity index (χ1) is 9.40. The summed E-state index contributed by atoms with van der Waals surface area (Å²) in [7, 11) is 1.61. The number of halogens is 1. The molecule has 1 aromatic heterocycles. The molecular weight excluding hydrogens is 272 g/mol. The van der Waals surface area contributed by atoms with E-state index in [1.165, 1.54) is 5.56 Å². The Labute approximate surface area is 125 Å². The van der Waals surface area contributed by atoms with E-state index in [1.807, 2.05) is 0 Å². The van der Waals surface area contributed by atoms with Gasteiger partial charge in [-0.05, 0) is 11.0 Å². The summed E-state index contributed by atoms with van der Waals surface area (Å²) in [5.41, 5.74) is 3.28. The van der Waals surface area contributed by atoms with Crippen molar-refractivity contribution in [3.05, 3.63) is 46.9 Å². The second-order valence-corrected chi connectivity index (χ2v) is 6.14. The van der Waals surface area contributed by atoms with E-state index in [0.717, 1.165) is 11.3 Å². The summed E-state index contributed by atoms with van der Waals surface area (Å²) in [4.78, 5) is 8.60. The van der Waals surface area contributed by atoms with E-state index < -0.39 is 0 Å². The molecule has 0 amide bonds. The van der Waals surface area contributed by atoms with Crippen LogP contribution in [0.25, 0.3) is 11.3 Å². The molecule has 20 heavy (non-hydrogen) atoms. The van der Waals surface area contributed by atoms with Crippen molar-refractivity contribution in [2.24, 2.45) is 0 Å². The van der Waals surface area contributed by atoms with Crippen LogP contribution in [-0.2, 0) is 16.8 Å². The van der Waals surface area contributed by atoms with Gasteiger partial charge >= 0.3 is 0 Å². The first-order valence-corrected chi connectivity index (χ1v) is 6.91. The lowest BCUT2D eigenvalue weighted by Crippen LogP contribution is -2.10. The summed E-state index contributed by atoms with van der Waals surface area (Å²) in [6.45, 7) is 6.94. The third-order valence-corrected chi connectivity index (χ3v) is 3.25. The van der Waals surface area contributed by atoms with Gasteiger partial charge in [0.2, 0.25) is 0 Å². The summed E-state index contributed by atoms with van der Waals surface area (Å²) >= 11 is 6.03. The molecule has 106 valence electrons. The number of hydrogen-bond donors (Lipinski definition) is 0. The third kappa shape index (κ3) is 3.56. The van der Waals surface area contributed by atoms with E-state index in [0.29, 0.717) is 17.6 Å². The standard InChI is InChI=1S/C16H19ClN2O/c1-16(2,3)12-7-5-11(6-8-12)13-9-14(17)19-15(18-13)10-20-4/h5-9H,10H2,1-4H3. The largest absolute Gasteiger partial charge is 0.377 e. The van der Waals surface area contributed by atoms with Gasteiger partial charge in [0.05, 0.1) is 5.69 Å². The zero-order valence-corrected chi connectivity index (χ0v) is 13.0. The highest BCUT2D eigenvalue weighted by atomic mass is 35.5. The average Bonchev–Trinajstić information content (AvgIpc) is 2.37. The molecule has 1 heterocycles. The van der Waals surface area contributed by atoms with Crippen LogP contribution in [0.2, 0.25) is 5.15 Å². The molecule has 0 radical (unpaired) electrons. The Kier molecular flexibility index (Phi) is 4.41. The summed E-state index contributed by atoms with van der Waals surface area (Å²) in [5.74, 6) is 0.592. The van der Waals surface area contributed by atoms with Crippen molar-refractivity contribution in [3.63, 3.8) is 0 Å². The van der Waals surface area contributed by atoms with Crippen LogP contribution < -0.4 is 0 Å². The van der Waals surface area contributed by atoms with E-state index in [-0.39, 0.29) is 5.41 Å². The Hall–Kier alpha value is -1.45. The zero-order valence-electron chi connectivity index (χ0n) is 12.3. The molecule has 2 rings (SSSR count). The molecule has 0 saturated heterocycles. The van der Waals surface area contributed by atoms with Gasteiger partial charge < -0.3 is 4.74 Å². The van der Waals surface area contributed by atoms with Gasteiger partial charge in [-0.1, -0.05) is 56.6 Å². The van der Waals surface area contributed by atoms with Crippen LogP contribution in [0.4, 0.5) is 0 Å². The lowest BCUT2D eigenvalue weighted by Gasteiger charge is -2.19. The highest BCUT2D eigenvalue weighted by Crippen LogP contribution is 2.26. The molecule has 4 heteroatoms. The van der Waals surface area contributed by atoms with Gasteiger partial charge in [0.15, 0.2) is 5.82 Å². The summed E-state index contributed by atoms with van der Waals surface area (Å²) in [5, 5.41) is 0.432. The molecule has 1 aromatic carbocycles. The predicted octanol–water partition coefficient (Wildman–Crippen LogP) is 4.24. The fraction of sp³-hybridized carbons (Fsp3) is 0.375. The van der Waals surface area contributed by atoms with Crippen LogP contribution in [-0.4, -0.2) is 17.1 Å². The quantitative estimate of drug-likeness (QED) is 0.793. The van der Waals surface area contributed by atoms with Gasteiger partial charge in [-0.25, -0.2) is 9.97 Å². The molecule has 0 atom stereocenters. The fourth-order valence-corrected chi connectivity index (χ4v) is 2.15. The molecule has 3 nitrogen and oxygen atoms in total. The zero-order chi connectivity index (χ0) is 14.8. The van der Waals surface area contributed by atoms with Gasteiger partial charge in [-0.15, -0.1) is 0 Å². The monoisotopic (exact) mass is 290 g/mol. The number of nitrogens with zero attached hydrogens (tertiary/aromatic N) is 2. The molecule has 0 unspecified atom stereocenters. The number of rotatable bonds is 3. The van der Waals surface area contributed by atoms with E-state index in [2.05, 4.69) is 55.0 Å². The Balaban J connectivity index is 2.36. The van der Waals surface area contributed by atoms with Gasteiger partial charge in [-0.3, -0.25) is 0 Å². The summed E-state index contributed by atoms with van der Waals surface area (Å²) in [6, 6.07) is 10.2. The van der Waals surface area contributed by atoms with E-state index in [9.17, 15) is 0 Å². The minimum atomic E-state index is 0.142. The molecule has 0 N–H and O–H groups in total. The van der Waals surface area contributed by atoms with Crippen molar-refractivity contribution >= 4 is 11.6 Å². The van der Waals surface area contributed by atoms with Crippen molar-refractivity contribution in [2.75, 3.05) is 7.11 Å². The molecule has 0 aliphatic rings. The van der Waals surface area contributed by atoms with E-state index in [4.69, 9.17) is 16.3 Å². The van der Waals surface area contributed by atoms with Crippen molar-refractivity contribution in [3.8, 4) is 11.3 Å². The minimum Gasteiger partial charge on any atom is -0.377 e. The van der Waals surface area contributed by atoms with Gasteiger partial charge in [0.25, 0.3) is 0 Å². The van der Waals surface area contributed by atoms with Crippen molar-refractivity contribution in [1.82, 2.24) is 9.97 Å². The topological polar surface area (TPSA) is 35.0 Å². The van der Waals surface area contributed by atoms with Crippen molar-refractivity contribution in [1.29, 1.82) is 0 Å². The maximum atomic E-state index is 6.03. The lowest BCUT2D eigenvalue weighted by molar-refractivity contribution is 0.178. The molecule has 0 aliphatic heterocycles. The first kappa shape index (κ1) is 14.9. The average molecular weight is 291 g/mol. The first-order valence-electron chi connectivity index (χ1n) is 6.53. The highest BCUT2D eigenvalue weighted by molar-refractivity contribution is 6.29. The van der Waals surface area contributed by atoms with E-state index in [1.54, 1.807) is 13.2 Å². The molecule has 0 saturated carbocycles. The smallest absolute Gasteiger partial charge is 0.156 e. The SMILES string of the molecule is COCc1nc(Cl)cc(-c2ccc(C(C)(C)C)cc2)n1. The number of ether oxygens (including phenoxy) is 1. The molecule has 2 aromatic rings. The van der Waals surface area contributed by atoms with Crippen molar-refractivity contribution in [2.45, 2.75) is 32.8 Å². The predicted molar refractivity (Wildman–Crippen MR) is 81.9 cm³/mol. The number of benzene rings is 1. The Bertz CT molecular complexity index is 588. The Morgan fingerprint density at radius 3 is 2.30 bits per heavy atom. The van der Waals surface area contributed by atoms with Crippen molar-refractivity contribution < 1.29 is 4.74 Å².